The van der Waals surface area contributed by atoms with E-state index in [1.807, 2.05) is 0 Å². The lowest BCUT2D eigenvalue weighted by atomic mass is 9.93. The lowest BCUT2D eigenvalue weighted by Gasteiger charge is -2.36. The molecule has 1 aliphatic carbocycles. The molecular weight excluding hydrogens is 248 g/mol. The van der Waals surface area contributed by atoms with Crippen LogP contribution in [0.2, 0.25) is 0 Å². The molecule has 0 aromatic carbocycles. The van der Waals surface area contributed by atoms with E-state index in [4.69, 9.17) is 0 Å². The van der Waals surface area contributed by atoms with E-state index in [9.17, 15) is 5.11 Å². The van der Waals surface area contributed by atoms with Crippen LogP contribution in [-0.2, 0) is 0 Å². The Morgan fingerprint density at radius 1 is 1.25 bits per heavy atom. The molecule has 3 nitrogen and oxygen atoms in total. The Morgan fingerprint density at radius 2 is 2.00 bits per heavy atom. The van der Waals surface area contributed by atoms with Crippen LogP contribution in [-0.4, -0.2) is 47.3 Å². The zero-order chi connectivity index (χ0) is 14.6. The Balaban J connectivity index is 1.84. The number of hydrogen-bond acceptors (Lipinski definition) is 3. The van der Waals surface area contributed by atoms with Gasteiger partial charge in [0.05, 0.1) is 6.61 Å². The Hall–Kier alpha value is -0.120. The van der Waals surface area contributed by atoms with Crippen molar-refractivity contribution in [2.24, 2.45) is 5.92 Å². The van der Waals surface area contributed by atoms with Crippen molar-refractivity contribution in [3.63, 3.8) is 0 Å². The average Bonchev–Trinajstić information content (AvgIpc) is 3.24. The first-order chi connectivity index (χ1) is 9.56. The summed E-state index contributed by atoms with van der Waals surface area (Å²) < 4.78 is 0. The van der Waals surface area contributed by atoms with Gasteiger partial charge in [0.25, 0.3) is 0 Å². The molecule has 3 heteroatoms. The highest BCUT2D eigenvalue weighted by Crippen LogP contribution is 2.27. The molecule has 0 amide bonds. The number of hydrogen-bond donors (Lipinski definition) is 2. The number of aliphatic hydroxyl groups is 1. The van der Waals surface area contributed by atoms with E-state index in [1.165, 1.54) is 51.6 Å². The summed E-state index contributed by atoms with van der Waals surface area (Å²) in [6, 6.07) is 1.22. The van der Waals surface area contributed by atoms with Gasteiger partial charge in [0, 0.05) is 17.6 Å². The van der Waals surface area contributed by atoms with Gasteiger partial charge in [-0.15, -0.1) is 0 Å². The molecule has 0 bridgehead atoms. The lowest BCUT2D eigenvalue weighted by molar-refractivity contribution is 0.114. The molecule has 2 N–H and O–H groups in total. The van der Waals surface area contributed by atoms with Gasteiger partial charge in [0.1, 0.15) is 0 Å². The molecule has 3 unspecified atom stereocenters. The van der Waals surface area contributed by atoms with Gasteiger partial charge >= 0.3 is 0 Å². The second-order valence-electron chi connectivity index (χ2n) is 7.43. The standard InChI is InChI=1S/C17H34N2O/c1-4-15-6-5-10-19(11-9-15)14(2)12-17(3,13-20)18-16-7-8-16/h14-16,18,20H,4-13H2,1-3H3. The molecule has 2 fully saturated rings. The maximum Gasteiger partial charge on any atom is 0.0611 e. The first-order valence-corrected chi connectivity index (χ1v) is 8.69. The topological polar surface area (TPSA) is 35.5 Å². The highest BCUT2D eigenvalue weighted by Gasteiger charge is 2.34. The van der Waals surface area contributed by atoms with Gasteiger partial charge in [-0.2, -0.15) is 0 Å². The van der Waals surface area contributed by atoms with Crippen molar-refractivity contribution in [2.45, 2.75) is 83.3 Å². The van der Waals surface area contributed by atoms with E-state index in [0.717, 1.165) is 12.3 Å². The van der Waals surface area contributed by atoms with Crippen LogP contribution in [0.15, 0.2) is 0 Å². The molecule has 0 aromatic heterocycles. The van der Waals surface area contributed by atoms with Crippen molar-refractivity contribution in [3.05, 3.63) is 0 Å². The van der Waals surface area contributed by atoms with Crippen LogP contribution in [0.1, 0.15) is 65.7 Å². The van der Waals surface area contributed by atoms with Gasteiger partial charge < -0.3 is 15.3 Å². The number of nitrogens with zero attached hydrogens (tertiary/aromatic N) is 1. The van der Waals surface area contributed by atoms with Crippen molar-refractivity contribution in [1.82, 2.24) is 10.2 Å². The van der Waals surface area contributed by atoms with Crippen LogP contribution >= 0.6 is 0 Å². The summed E-state index contributed by atoms with van der Waals surface area (Å²) >= 11 is 0. The van der Waals surface area contributed by atoms with E-state index in [0.29, 0.717) is 12.1 Å². The second kappa shape index (κ2) is 7.24. The minimum Gasteiger partial charge on any atom is -0.394 e. The third-order valence-corrected chi connectivity index (χ3v) is 5.31. The highest BCUT2D eigenvalue weighted by molar-refractivity contribution is 4.94. The van der Waals surface area contributed by atoms with E-state index < -0.39 is 0 Å². The Bertz CT molecular complexity index is 293. The van der Waals surface area contributed by atoms with Crippen molar-refractivity contribution >= 4 is 0 Å². The summed E-state index contributed by atoms with van der Waals surface area (Å²) in [6.07, 6.45) is 9.05. The van der Waals surface area contributed by atoms with Gasteiger partial charge in [-0.25, -0.2) is 0 Å². The normalized spacial score (nSPS) is 29.7. The minimum atomic E-state index is -0.100. The number of rotatable bonds is 7. The second-order valence-corrected chi connectivity index (χ2v) is 7.43. The lowest BCUT2D eigenvalue weighted by Crippen LogP contribution is -2.51. The van der Waals surface area contributed by atoms with Crippen LogP contribution in [0.25, 0.3) is 0 Å². The molecule has 118 valence electrons. The summed E-state index contributed by atoms with van der Waals surface area (Å²) in [4.78, 5) is 2.65. The zero-order valence-corrected chi connectivity index (χ0v) is 13.7. The predicted octanol–water partition coefficient (Wildman–Crippen LogP) is 2.78. The maximum absolute atomic E-state index is 9.76. The molecule has 3 atom stereocenters. The number of nitrogens with one attached hydrogen (secondary N) is 1. The summed E-state index contributed by atoms with van der Waals surface area (Å²) in [6.45, 7) is 9.59. The zero-order valence-electron chi connectivity index (χ0n) is 13.7. The largest absolute Gasteiger partial charge is 0.394 e. The molecule has 1 saturated carbocycles. The van der Waals surface area contributed by atoms with Gasteiger partial charge in [0.2, 0.25) is 0 Å². The Labute approximate surface area is 125 Å². The van der Waals surface area contributed by atoms with Crippen LogP contribution in [0.4, 0.5) is 0 Å². The molecule has 20 heavy (non-hydrogen) atoms. The van der Waals surface area contributed by atoms with Crippen molar-refractivity contribution < 1.29 is 5.11 Å². The monoisotopic (exact) mass is 282 g/mol. The fraction of sp³-hybridized carbons (Fsp3) is 1.00. The summed E-state index contributed by atoms with van der Waals surface area (Å²) in [7, 11) is 0. The van der Waals surface area contributed by atoms with Crippen molar-refractivity contribution in [1.29, 1.82) is 0 Å². The first-order valence-electron chi connectivity index (χ1n) is 8.69. The van der Waals surface area contributed by atoms with E-state index in [-0.39, 0.29) is 12.1 Å². The van der Waals surface area contributed by atoms with E-state index in [2.05, 4.69) is 31.0 Å². The van der Waals surface area contributed by atoms with Crippen LogP contribution < -0.4 is 5.32 Å². The third-order valence-electron chi connectivity index (χ3n) is 5.31. The van der Waals surface area contributed by atoms with Crippen LogP contribution in [0.5, 0.6) is 0 Å². The summed E-state index contributed by atoms with van der Waals surface area (Å²) in [5.41, 5.74) is -0.100. The van der Waals surface area contributed by atoms with Crippen LogP contribution in [0.3, 0.4) is 0 Å². The molecule has 1 aliphatic heterocycles. The predicted molar refractivity (Wildman–Crippen MR) is 84.9 cm³/mol. The van der Waals surface area contributed by atoms with Gasteiger partial charge in [0.15, 0.2) is 0 Å². The van der Waals surface area contributed by atoms with Crippen molar-refractivity contribution in [3.8, 4) is 0 Å². The third kappa shape index (κ3) is 4.71. The van der Waals surface area contributed by atoms with E-state index in [1.54, 1.807) is 0 Å². The quantitative estimate of drug-likeness (QED) is 0.754. The fourth-order valence-electron chi connectivity index (χ4n) is 3.71. The minimum absolute atomic E-state index is 0.100. The van der Waals surface area contributed by atoms with E-state index >= 15 is 0 Å². The van der Waals surface area contributed by atoms with Gasteiger partial charge in [-0.05, 0) is 71.4 Å². The first kappa shape index (κ1) is 16.3. The van der Waals surface area contributed by atoms with Crippen LogP contribution in [0, 0.1) is 5.92 Å². The Morgan fingerprint density at radius 3 is 2.60 bits per heavy atom. The fourth-order valence-corrected chi connectivity index (χ4v) is 3.71. The molecule has 0 spiro atoms. The molecule has 2 aliphatic rings. The maximum atomic E-state index is 9.76. The summed E-state index contributed by atoms with van der Waals surface area (Å²) in [5, 5.41) is 13.4. The molecule has 2 rings (SSSR count). The number of likely N-dealkylation sites (tertiary alicyclic amines) is 1. The smallest absolute Gasteiger partial charge is 0.0611 e. The molecule has 1 heterocycles. The highest BCUT2D eigenvalue weighted by atomic mass is 16.3. The van der Waals surface area contributed by atoms with Gasteiger partial charge in [-0.3, -0.25) is 0 Å². The Kier molecular flexibility index (Phi) is 5.88. The average molecular weight is 282 g/mol. The molecular formula is C17H34N2O. The molecule has 0 aromatic rings. The molecule has 0 radical (unpaired) electrons. The molecule has 1 saturated heterocycles. The van der Waals surface area contributed by atoms with Gasteiger partial charge in [-0.1, -0.05) is 13.3 Å². The number of aliphatic hydroxyl groups excluding tert-OH is 1. The SMILES string of the molecule is CCC1CCCN(C(C)CC(C)(CO)NC2CC2)CC1. The summed E-state index contributed by atoms with van der Waals surface area (Å²) in [5.74, 6) is 0.931. The van der Waals surface area contributed by atoms with Crippen molar-refractivity contribution in [2.75, 3.05) is 19.7 Å².